The van der Waals surface area contributed by atoms with Crippen LogP contribution >= 0.6 is 22.9 Å². The monoisotopic (exact) mass is 509 g/mol. The summed E-state index contributed by atoms with van der Waals surface area (Å²) in [6.07, 6.45) is 0.824. The smallest absolute Gasteiger partial charge is 0.263 e. The van der Waals surface area contributed by atoms with Crippen molar-refractivity contribution in [2.75, 3.05) is 51.4 Å². The molecular weight excluding hydrogens is 482 g/mol. The van der Waals surface area contributed by atoms with Crippen LogP contribution in [0.4, 0.5) is 5.13 Å². The second kappa shape index (κ2) is 10.5. The lowest BCUT2D eigenvalue weighted by atomic mass is 10.0. The number of carbonyl (C=O) groups is 1. The molecule has 182 valence electrons. The van der Waals surface area contributed by atoms with Gasteiger partial charge in [0.2, 0.25) is 0 Å². The van der Waals surface area contributed by atoms with Crippen LogP contribution in [-0.4, -0.2) is 62.3 Å². The Labute approximate surface area is 214 Å². The molecule has 0 radical (unpaired) electrons. The number of methoxy groups -OCH3 is 1. The molecule has 0 saturated carbocycles. The van der Waals surface area contributed by atoms with Crippen molar-refractivity contribution in [2.45, 2.75) is 13.3 Å². The van der Waals surface area contributed by atoms with E-state index in [1.807, 2.05) is 55.5 Å². The second-order valence-electron chi connectivity index (χ2n) is 8.70. The van der Waals surface area contributed by atoms with Crippen LogP contribution in [0.15, 0.2) is 48.5 Å². The number of thiazole rings is 1. The van der Waals surface area contributed by atoms with Gasteiger partial charge in [-0.05, 0) is 47.9 Å². The zero-order valence-electron chi connectivity index (χ0n) is 19.9. The number of aromatic nitrogens is 1. The molecule has 1 fully saturated rings. The standard InChI is InChI=1S/C27H28ClN3O3S/c1-18-8-9-22(28)25-24(18)29-27(35-25)31(11-5-10-30-12-14-34-15-13-30)26(32)21-16-19-6-3-4-7-20(19)17-23(21)33-2/h3-4,6-9,16-17H,5,10-15H2,1-2H3. The van der Waals surface area contributed by atoms with Gasteiger partial charge in [-0.1, -0.05) is 53.3 Å². The summed E-state index contributed by atoms with van der Waals surface area (Å²) >= 11 is 7.95. The van der Waals surface area contributed by atoms with Gasteiger partial charge in [0.25, 0.3) is 5.91 Å². The Balaban J connectivity index is 1.51. The van der Waals surface area contributed by atoms with E-state index >= 15 is 0 Å². The number of fused-ring (bicyclic) bond motifs is 2. The highest BCUT2D eigenvalue weighted by molar-refractivity contribution is 7.23. The highest BCUT2D eigenvalue weighted by atomic mass is 35.5. The van der Waals surface area contributed by atoms with E-state index in [1.165, 1.54) is 11.3 Å². The maximum atomic E-state index is 14.0. The zero-order valence-corrected chi connectivity index (χ0v) is 21.5. The molecule has 0 spiro atoms. The minimum Gasteiger partial charge on any atom is -0.496 e. The van der Waals surface area contributed by atoms with Crippen LogP contribution in [0.3, 0.4) is 0 Å². The lowest BCUT2D eigenvalue weighted by Gasteiger charge is -2.28. The number of aryl methyl sites for hydroxylation is 1. The molecule has 0 unspecified atom stereocenters. The van der Waals surface area contributed by atoms with Gasteiger partial charge in [0.15, 0.2) is 5.13 Å². The fraction of sp³-hybridized carbons (Fsp3) is 0.333. The predicted molar refractivity (Wildman–Crippen MR) is 143 cm³/mol. The molecule has 0 bridgehead atoms. The Kier molecular flexibility index (Phi) is 7.20. The molecule has 1 aromatic heterocycles. The van der Waals surface area contributed by atoms with Crippen LogP contribution in [0.25, 0.3) is 21.0 Å². The van der Waals surface area contributed by atoms with Crippen molar-refractivity contribution in [3.63, 3.8) is 0 Å². The Morgan fingerprint density at radius 3 is 2.63 bits per heavy atom. The van der Waals surface area contributed by atoms with Crippen LogP contribution in [-0.2, 0) is 4.74 Å². The molecule has 1 amide bonds. The van der Waals surface area contributed by atoms with Crippen molar-refractivity contribution in [3.8, 4) is 5.75 Å². The lowest BCUT2D eigenvalue weighted by molar-refractivity contribution is 0.0376. The molecule has 3 aromatic carbocycles. The Bertz CT molecular complexity index is 1330. The highest BCUT2D eigenvalue weighted by Gasteiger charge is 2.25. The SMILES string of the molecule is COc1cc2ccccc2cc1C(=O)N(CCCN1CCOCC1)c1nc2c(C)ccc(Cl)c2s1. The van der Waals surface area contributed by atoms with Crippen molar-refractivity contribution in [1.29, 1.82) is 0 Å². The summed E-state index contributed by atoms with van der Waals surface area (Å²) < 4.78 is 12.0. The molecular formula is C27H28ClN3O3S. The lowest BCUT2D eigenvalue weighted by Crippen LogP contribution is -2.39. The first-order valence-corrected chi connectivity index (χ1v) is 13.0. The number of hydrogen-bond acceptors (Lipinski definition) is 6. The van der Waals surface area contributed by atoms with E-state index in [0.29, 0.717) is 28.0 Å². The van der Waals surface area contributed by atoms with Crippen molar-refractivity contribution < 1.29 is 14.3 Å². The van der Waals surface area contributed by atoms with Gasteiger partial charge in [0.1, 0.15) is 5.75 Å². The van der Waals surface area contributed by atoms with E-state index in [0.717, 1.165) is 65.8 Å². The fourth-order valence-electron chi connectivity index (χ4n) is 4.47. The summed E-state index contributed by atoms with van der Waals surface area (Å²) in [4.78, 5) is 23.1. The Hall–Kier alpha value is -2.71. The number of amides is 1. The fourth-order valence-corrected chi connectivity index (χ4v) is 5.81. The number of anilines is 1. The van der Waals surface area contributed by atoms with Gasteiger partial charge in [-0.15, -0.1) is 0 Å². The molecule has 2 heterocycles. The molecule has 8 heteroatoms. The van der Waals surface area contributed by atoms with Crippen LogP contribution in [0.5, 0.6) is 5.75 Å². The molecule has 1 aliphatic rings. The predicted octanol–water partition coefficient (Wildman–Crippen LogP) is 5.79. The van der Waals surface area contributed by atoms with Gasteiger partial charge in [0, 0.05) is 26.2 Å². The van der Waals surface area contributed by atoms with Crippen molar-refractivity contribution in [3.05, 3.63) is 64.7 Å². The van der Waals surface area contributed by atoms with Gasteiger partial charge in [-0.3, -0.25) is 14.6 Å². The van der Waals surface area contributed by atoms with Crippen LogP contribution in [0, 0.1) is 6.92 Å². The Morgan fingerprint density at radius 2 is 1.91 bits per heavy atom. The molecule has 1 aliphatic heterocycles. The number of nitrogens with zero attached hydrogens (tertiary/aromatic N) is 3. The van der Waals surface area contributed by atoms with E-state index in [9.17, 15) is 4.79 Å². The van der Waals surface area contributed by atoms with Gasteiger partial charge < -0.3 is 9.47 Å². The van der Waals surface area contributed by atoms with E-state index in [4.69, 9.17) is 26.1 Å². The first-order chi connectivity index (χ1) is 17.0. The number of benzene rings is 3. The number of carbonyl (C=O) groups excluding carboxylic acids is 1. The molecule has 5 rings (SSSR count). The normalized spacial score (nSPS) is 14.5. The molecule has 4 aromatic rings. The third-order valence-corrected chi connectivity index (χ3v) is 7.96. The van der Waals surface area contributed by atoms with Gasteiger partial charge in [-0.25, -0.2) is 4.98 Å². The molecule has 0 atom stereocenters. The number of rotatable bonds is 7. The quantitative estimate of drug-likeness (QED) is 0.315. The van der Waals surface area contributed by atoms with Crippen LogP contribution in [0.1, 0.15) is 22.3 Å². The molecule has 0 N–H and O–H groups in total. The molecule has 1 saturated heterocycles. The molecule has 6 nitrogen and oxygen atoms in total. The summed E-state index contributed by atoms with van der Waals surface area (Å²) in [7, 11) is 1.60. The largest absolute Gasteiger partial charge is 0.496 e. The third kappa shape index (κ3) is 5.00. The van der Waals surface area contributed by atoms with Crippen molar-refractivity contribution in [1.82, 2.24) is 9.88 Å². The minimum atomic E-state index is -0.123. The second-order valence-corrected chi connectivity index (χ2v) is 10.1. The molecule has 0 aliphatic carbocycles. The van der Waals surface area contributed by atoms with Crippen molar-refractivity contribution >= 4 is 55.0 Å². The van der Waals surface area contributed by atoms with Crippen LogP contribution in [0.2, 0.25) is 5.02 Å². The number of halogens is 1. The average Bonchev–Trinajstić information content (AvgIpc) is 3.35. The van der Waals surface area contributed by atoms with Crippen LogP contribution < -0.4 is 9.64 Å². The first-order valence-electron chi connectivity index (χ1n) is 11.8. The summed E-state index contributed by atoms with van der Waals surface area (Å²) in [6.45, 7) is 6.80. The topological polar surface area (TPSA) is 54.9 Å². The van der Waals surface area contributed by atoms with Crippen molar-refractivity contribution in [2.24, 2.45) is 0 Å². The molecule has 35 heavy (non-hydrogen) atoms. The summed E-state index contributed by atoms with van der Waals surface area (Å²) in [5.74, 6) is 0.435. The maximum absolute atomic E-state index is 14.0. The zero-order chi connectivity index (χ0) is 24.4. The average molecular weight is 510 g/mol. The Morgan fingerprint density at radius 1 is 1.17 bits per heavy atom. The summed E-state index contributed by atoms with van der Waals surface area (Å²) in [5, 5.41) is 3.33. The van der Waals surface area contributed by atoms with E-state index in [-0.39, 0.29) is 5.91 Å². The van der Waals surface area contributed by atoms with Gasteiger partial charge in [0.05, 0.1) is 41.1 Å². The number of hydrogen-bond donors (Lipinski definition) is 0. The first kappa shape index (κ1) is 24.0. The summed E-state index contributed by atoms with van der Waals surface area (Å²) in [5.41, 5.74) is 2.41. The number of morpholine rings is 1. The third-order valence-electron chi connectivity index (χ3n) is 6.42. The van der Waals surface area contributed by atoms with Gasteiger partial charge in [-0.2, -0.15) is 0 Å². The highest BCUT2D eigenvalue weighted by Crippen LogP contribution is 2.37. The maximum Gasteiger partial charge on any atom is 0.263 e. The minimum absolute atomic E-state index is 0.123. The van der Waals surface area contributed by atoms with E-state index in [2.05, 4.69) is 4.90 Å². The summed E-state index contributed by atoms with van der Waals surface area (Å²) in [6, 6.07) is 15.7. The van der Waals surface area contributed by atoms with Gasteiger partial charge >= 0.3 is 0 Å². The van der Waals surface area contributed by atoms with E-state index in [1.54, 1.807) is 12.0 Å². The number of ether oxygens (including phenoxy) is 2. The van der Waals surface area contributed by atoms with E-state index < -0.39 is 0 Å².